The van der Waals surface area contributed by atoms with Crippen molar-refractivity contribution in [2.75, 3.05) is 13.2 Å². The second kappa shape index (κ2) is 5.46. The standard InChI is InChI=1S/C14H23NO/c1-5-16-10-14(4,15)9-13-7-6-11(2)12(3)8-13/h6-8H,5,9-10,15H2,1-4H3. The normalized spacial score (nSPS) is 14.8. The SMILES string of the molecule is CCOCC(C)(N)Cc1ccc(C)c(C)c1. The first-order valence-electron chi connectivity index (χ1n) is 5.87. The molecule has 0 bridgehead atoms. The molecule has 0 aliphatic rings. The molecule has 0 aliphatic heterocycles. The molecular weight excluding hydrogens is 198 g/mol. The van der Waals surface area contributed by atoms with Crippen molar-refractivity contribution >= 4 is 0 Å². The average Bonchev–Trinajstić information content (AvgIpc) is 2.20. The van der Waals surface area contributed by atoms with E-state index >= 15 is 0 Å². The van der Waals surface area contributed by atoms with E-state index in [0.717, 1.165) is 13.0 Å². The summed E-state index contributed by atoms with van der Waals surface area (Å²) >= 11 is 0. The van der Waals surface area contributed by atoms with E-state index in [4.69, 9.17) is 10.5 Å². The maximum atomic E-state index is 6.20. The van der Waals surface area contributed by atoms with Crippen molar-refractivity contribution in [3.05, 3.63) is 34.9 Å². The summed E-state index contributed by atoms with van der Waals surface area (Å²) in [6, 6.07) is 6.52. The van der Waals surface area contributed by atoms with Gasteiger partial charge in [-0.1, -0.05) is 18.2 Å². The van der Waals surface area contributed by atoms with Crippen molar-refractivity contribution in [2.45, 2.75) is 39.7 Å². The molecule has 2 heteroatoms. The van der Waals surface area contributed by atoms with E-state index in [1.807, 2.05) is 13.8 Å². The topological polar surface area (TPSA) is 35.2 Å². The number of nitrogens with two attached hydrogens (primary N) is 1. The van der Waals surface area contributed by atoms with Crippen LogP contribution in [0, 0.1) is 13.8 Å². The second-order valence-electron chi connectivity index (χ2n) is 4.89. The zero-order valence-electron chi connectivity index (χ0n) is 10.8. The quantitative estimate of drug-likeness (QED) is 0.829. The van der Waals surface area contributed by atoms with Crippen LogP contribution >= 0.6 is 0 Å². The highest BCUT2D eigenvalue weighted by atomic mass is 16.5. The lowest BCUT2D eigenvalue weighted by atomic mass is 9.93. The van der Waals surface area contributed by atoms with Crippen molar-refractivity contribution in [3.63, 3.8) is 0 Å². The molecule has 0 amide bonds. The molecule has 2 nitrogen and oxygen atoms in total. The van der Waals surface area contributed by atoms with E-state index < -0.39 is 0 Å². The van der Waals surface area contributed by atoms with Crippen molar-refractivity contribution in [3.8, 4) is 0 Å². The van der Waals surface area contributed by atoms with Crippen molar-refractivity contribution in [1.29, 1.82) is 0 Å². The highest BCUT2D eigenvalue weighted by Gasteiger charge is 2.19. The Kier molecular flexibility index (Phi) is 4.51. The fourth-order valence-electron chi connectivity index (χ4n) is 1.77. The number of rotatable bonds is 5. The maximum absolute atomic E-state index is 6.20. The van der Waals surface area contributed by atoms with Gasteiger partial charge in [0, 0.05) is 12.1 Å². The molecule has 2 N–H and O–H groups in total. The zero-order chi connectivity index (χ0) is 12.2. The third kappa shape index (κ3) is 3.95. The first kappa shape index (κ1) is 13.2. The minimum Gasteiger partial charge on any atom is -0.380 e. The predicted octanol–water partition coefficient (Wildman–Crippen LogP) is 2.60. The largest absolute Gasteiger partial charge is 0.380 e. The van der Waals surface area contributed by atoms with Gasteiger partial charge in [0.05, 0.1) is 6.61 Å². The lowest BCUT2D eigenvalue weighted by Gasteiger charge is -2.24. The molecule has 0 saturated heterocycles. The van der Waals surface area contributed by atoms with Crippen LogP contribution in [0.5, 0.6) is 0 Å². The molecule has 1 rings (SSSR count). The molecule has 0 fully saturated rings. The molecule has 0 radical (unpaired) electrons. The molecule has 1 aromatic rings. The Balaban J connectivity index is 2.68. The first-order chi connectivity index (χ1) is 7.44. The molecule has 0 aromatic heterocycles. The molecular formula is C14H23NO. The van der Waals surface area contributed by atoms with Crippen LogP contribution in [0.2, 0.25) is 0 Å². The Labute approximate surface area is 98.8 Å². The minimum absolute atomic E-state index is 0.280. The van der Waals surface area contributed by atoms with Gasteiger partial charge in [-0.25, -0.2) is 0 Å². The van der Waals surface area contributed by atoms with Crippen molar-refractivity contribution in [2.24, 2.45) is 5.73 Å². The van der Waals surface area contributed by atoms with Gasteiger partial charge in [-0.05, 0) is 50.8 Å². The molecule has 90 valence electrons. The van der Waals surface area contributed by atoms with Gasteiger partial charge in [-0.3, -0.25) is 0 Å². The molecule has 0 spiro atoms. The zero-order valence-corrected chi connectivity index (χ0v) is 10.8. The lowest BCUT2D eigenvalue weighted by molar-refractivity contribution is 0.101. The van der Waals surface area contributed by atoms with Gasteiger partial charge in [0.1, 0.15) is 0 Å². The molecule has 1 unspecified atom stereocenters. The van der Waals surface area contributed by atoms with E-state index in [-0.39, 0.29) is 5.54 Å². The van der Waals surface area contributed by atoms with Gasteiger partial charge in [0.15, 0.2) is 0 Å². The molecule has 0 saturated carbocycles. The highest BCUT2D eigenvalue weighted by molar-refractivity contribution is 5.30. The summed E-state index contributed by atoms with van der Waals surface area (Å²) in [6.07, 6.45) is 0.855. The monoisotopic (exact) mass is 221 g/mol. The van der Waals surface area contributed by atoms with Crippen LogP contribution in [-0.2, 0) is 11.2 Å². The Hall–Kier alpha value is -0.860. The van der Waals surface area contributed by atoms with Crippen LogP contribution in [0.15, 0.2) is 18.2 Å². The van der Waals surface area contributed by atoms with Crippen LogP contribution in [0.1, 0.15) is 30.5 Å². The third-order valence-electron chi connectivity index (χ3n) is 2.82. The number of benzene rings is 1. The number of hydrogen-bond donors (Lipinski definition) is 1. The Bertz CT molecular complexity index is 345. The predicted molar refractivity (Wildman–Crippen MR) is 68.7 cm³/mol. The van der Waals surface area contributed by atoms with Crippen molar-refractivity contribution < 1.29 is 4.74 Å². The summed E-state index contributed by atoms with van der Waals surface area (Å²) in [5.41, 5.74) is 9.85. The fourth-order valence-corrected chi connectivity index (χ4v) is 1.77. The summed E-state index contributed by atoms with van der Waals surface area (Å²) in [6.45, 7) is 9.62. The molecule has 1 atom stereocenters. The lowest BCUT2D eigenvalue weighted by Crippen LogP contribution is -2.43. The fraction of sp³-hybridized carbons (Fsp3) is 0.571. The number of ether oxygens (including phenoxy) is 1. The van der Waals surface area contributed by atoms with Gasteiger partial charge in [0.2, 0.25) is 0 Å². The maximum Gasteiger partial charge on any atom is 0.0646 e. The Morgan fingerprint density at radius 2 is 1.94 bits per heavy atom. The Morgan fingerprint density at radius 1 is 1.25 bits per heavy atom. The van der Waals surface area contributed by atoms with Crippen LogP contribution in [0.4, 0.5) is 0 Å². The van der Waals surface area contributed by atoms with E-state index in [1.165, 1.54) is 16.7 Å². The number of hydrogen-bond acceptors (Lipinski definition) is 2. The van der Waals surface area contributed by atoms with Gasteiger partial charge in [-0.15, -0.1) is 0 Å². The molecule has 0 heterocycles. The summed E-state index contributed by atoms with van der Waals surface area (Å²) in [4.78, 5) is 0. The van der Waals surface area contributed by atoms with Gasteiger partial charge in [0.25, 0.3) is 0 Å². The van der Waals surface area contributed by atoms with E-state index in [9.17, 15) is 0 Å². The molecule has 16 heavy (non-hydrogen) atoms. The summed E-state index contributed by atoms with van der Waals surface area (Å²) < 4.78 is 5.40. The summed E-state index contributed by atoms with van der Waals surface area (Å²) in [5, 5.41) is 0. The minimum atomic E-state index is -0.280. The van der Waals surface area contributed by atoms with Gasteiger partial charge in [-0.2, -0.15) is 0 Å². The second-order valence-corrected chi connectivity index (χ2v) is 4.89. The average molecular weight is 221 g/mol. The van der Waals surface area contributed by atoms with Crippen LogP contribution < -0.4 is 5.73 Å². The number of aryl methyl sites for hydroxylation is 2. The summed E-state index contributed by atoms with van der Waals surface area (Å²) in [5.74, 6) is 0. The summed E-state index contributed by atoms with van der Waals surface area (Å²) in [7, 11) is 0. The molecule has 0 aliphatic carbocycles. The van der Waals surface area contributed by atoms with Crippen molar-refractivity contribution in [1.82, 2.24) is 0 Å². The van der Waals surface area contributed by atoms with Gasteiger partial charge >= 0.3 is 0 Å². The first-order valence-corrected chi connectivity index (χ1v) is 5.87. The van der Waals surface area contributed by atoms with E-state index in [2.05, 4.69) is 32.0 Å². The van der Waals surface area contributed by atoms with Crippen LogP contribution in [0.25, 0.3) is 0 Å². The van der Waals surface area contributed by atoms with E-state index in [0.29, 0.717) is 6.61 Å². The smallest absolute Gasteiger partial charge is 0.0646 e. The van der Waals surface area contributed by atoms with E-state index in [1.54, 1.807) is 0 Å². The third-order valence-corrected chi connectivity index (χ3v) is 2.82. The van der Waals surface area contributed by atoms with Crippen LogP contribution in [-0.4, -0.2) is 18.8 Å². The highest BCUT2D eigenvalue weighted by Crippen LogP contribution is 2.15. The van der Waals surface area contributed by atoms with Gasteiger partial charge < -0.3 is 10.5 Å². The Morgan fingerprint density at radius 3 is 2.50 bits per heavy atom. The van der Waals surface area contributed by atoms with Crippen LogP contribution in [0.3, 0.4) is 0 Å². The molecule has 1 aromatic carbocycles.